The van der Waals surface area contributed by atoms with Gasteiger partial charge in [-0.15, -0.1) is 0 Å². The number of para-hydroxylation sites is 1. The Kier molecular flexibility index (Phi) is 6.20. The van der Waals surface area contributed by atoms with E-state index in [1.54, 1.807) is 41.3 Å². The molecule has 4 rings (SSSR count). The van der Waals surface area contributed by atoms with Crippen LogP contribution in [0.25, 0.3) is 0 Å². The zero-order valence-electron chi connectivity index (χ0n) is 16.8. The second kappa shape index (κ2) is 8.88. The first kappa shape index (κ1) is 21.6. The Morgan fingerprint density at radius 3 is 2.45 bits per heavy atom. The average molecular weight is 463 g/mol. The van der Waals surface area contributed by atoms with Crippen molar-refractivity contribution in [3.63, 3.8) is 0 Å². The molecule has 1 aliphatic heterocycles. The van der Waals surface area contributed by atoms with Crippen molar-refractivity contribution < 1.29 is 22.7 Å². The predicted molar refractivity (Wildman–Crippen MR) is 118 cm³/mol. The molecule has 0 radical (unpaired) electrons. The molecule has 1 atom stereocenters. The van der Waals surface area contributed by atoms with Gasteiger partial charge in [0, 0.05) is 22.8 Å². The Bertz CT molecular complexity index is 1090. The van der Waals surface area contributed by atoms with Gasteiger partial charge in [-0.05, 0) is 49.6 Å². The minimum Gasteiger partial charge on any atom is -0.483 e. The minimum atomic E-state index is -3.10. The number of carbonyl (C=O) groups is 2. The molecule has 2 aromatic rings. The van der Waals surface area contributed by atoms with Gasteiger partial charge in [0.05, 0.1) is 17.1 Å². The lowest BCUT2D eigenvalue weighted by molar-refractivity contribution is -0.135. The number of hydrogen-bond acceptors (Lipinski definition) is 5. The maximum absolute atomic E-state index is 12.9. The molecular weight excluding hydrogens is 440 g/mol. The molecule has 0 bridgehead atoms. The molecule has 2 aromatic carbocycles. The van der Waals surface area contributed by atoms with Crippen molar-refractivity contribution in [3.8, 4) is 5.75 Å². The van der Waals surface area contributed by atoms with E-state index in [-0.39, 0.29) is 47.4 Å². The molecule has 1 heterocycles. The van der Waals surface area contributed by atoms with Crippen LogP contribution in [0.5, 0.6) is 5.75 Å². The molecule has 31 heavy (non-hydrogen) atoms. The molecule has 1 N–H and O–H groups in total. The van der Waals surface area contributed by atoms with Crippen LogP contribution in [-0.2, 0) is 14.6 Å². The molecule has 1 unspecified atom stereocenters. The highest BCUT2D eigenvalue weighted by Gasteiger charge is 2.42. The summed E-state index contributed by atoms with van der Waals surface area (Å²) in [5, 5.41) is 3.15. The lowest BCUT2D eigenvalue weighted by atomic mass is 10.1. The summed E-state index contributed by atoms with van der Waals surface area (Å²) in [7, 11) is -3.10. The van der Waals surface area contributed by atoms with Gasteiger partial charge in [0.15, 0.2) is 16.4 Å². The number of hydrogen-bond donors (Lipinski definition) is 1. The predicted octanol–water partition coefficient (Wildman–Crippen LogP) is 3.15. The van der Waals surface area contributed by atoms with E-state index in [2.05, 4.69) is 5.32 Å². The number of nitrogens with zero attached hydrogens (tertiary/aromatic N) is 1. The number of benzene rings is 2. The van der Waals surface area contributed by atoms with Gasteiger partial charge in [0.1, 0.15) is 5.75 Å². The molecule has 1 saturated heterocycles. The van der Waals surface area contributed by atoms with Crippen LogP contribution >= 0.6 is 11.6 Å². The highest BCUT2D eigenvalue weighted by Crippen LogP contribution is 2.32. The first-order valence-corrected chi connectivity index (χ1v) is 12.3. The fraction of sp³-hybridized carbons (Fsp3) is 0.364. The van der Waals surface area contributed by atoms with E-state index in [1.165, 1.54) is 6.07 Å². The Morgan fingerprint density at radius 2 is 1.81 bits per heavy atom. The third-order valence-corrected chi connectivity index (χ3v) is 7.38. The summed E-state index contributed by atoms with van der Waals surface area (Å²) in [6, 6.07) is 13.4. The molecule has 9 heteroatoms. The van der Waals surface area contributed by atoms with Gasteiger partial charge in [-0.3, -0.25) is 9.59 Å². The minimum absolute atomic E-state index is 0.000909. The van der Waals surface area contributed by atoms with Crippen LogP contribution in [0.4, 0.5) is 5.69 Å². The molecule has 0 aromatic heterocycles. The first-order chi connectivity index (χ1) is 14.8. The van der Waals surface area contributed by atoms with Gasteiger partial charge in [0.25, 0.3) is 11.8 Å². The highest BCUT2D eigenvalue weighted by molar-refractivity contribution is 7.91. The van der Waals surface area contributed by atoms with Crippen LogP contribution in [0.1, 0.15) is 29.6 Å². The maximum atomic E-state index is 12.9. The zero-order valence-corrected chi connectivity index (χ0v) is 18.4. The molecule has 2 amide bonds. The van der Waals surface area contributed by atoms with Crippen LogP contribution in [0, 0.1) is 0 Å². The smallest absolute Gasteiger partial charge is 0.261 e. The second-order valence-corrected chi connectivity index (χ2v) is 10.5. The number of rotatable bonds is 7. The summed E-state index contributed by atoms with van der Waals surface area (Å²) in [4.78, 5) is 27.3. The Labute approximate surface area is 186 Å². The lowest BCUT2D eigenvalue weighted by Gasteiger charge is -2.28. The van der Waals surface area contributed by atoms with E-state index < -0.39 is 15.7 Å². The van der Waals surface area contributed by atoms with Gasteiger partial charge < -0.3 is 15.0 Å². The topological polar surface area (TPSA) is 92.8 Å². The summed E-state index contributed by atoms with van der Waals surface area (Å²) in [5.74, 6) is -0.330. The molecule has 7 nitrogen and oxygen atoms in total. The fourth-order valence-electron chi connectivity index (χ4n) is 3.79. The number of carbonyl (C=O) groups excluding carboxylic acids is 2. The lowest BCUT2D eigenvalue weighted by Crippen LogP contribution is -2.45. The summed E-state index contributed by atoms with van der Waals surface area (Å²) < 4.78 is 29.5. The van der Waals surface area contributed by atoms with E-state index >= 15 is 0 Å². The van der Waals surface area contributed by atoms with Gasteiger partial charge in [-0.25, -0.2) is 8.42 Å². The van der Waals surface area contributed by atoms with Gasteiger partial charge in [0.2, 0.25) is 0 Å². The number of halogens is 1. The number of nitrogens with one attached hydrogen (secondary N) is 1. The van der Waals surface area contributed by atoms with Crippen molar-refractivity contribution in [1.29, 1.82) is 0 Å². The van der Waals surface area contributed by atoms with Crippen molar-refractivity contribution in [2.24, 2.45) is 0 Å². The summed E-state index contributed by atoms with van der Waals surface area (Å²) in [6.07, 6.45) is 2.19. The third kappa shape index (κ3) is 5.37. The maximum Gasteiger partial charge on any atom is 0.261 e. The van der Waals surface area contributed by atoms with E-state index in [0.29, 0.717) is 17.1 Å². The molecule has 0 spiro atoms. The second-order valence-electron chi connectivity index (χ2n) is 7.84. The Balaban J connectivity index is 1.46. The molecule has 1 aliphatic carbocycles. The monoisotopic (exact) mass is 462 g/mol. The van der Waals surface area contributed by atoms with Crippen LogP contribution in [-0.4, -0.2) is 55.3 Å². The fourth-order valence-corrected chi connectivity index (χ4v) is 5.68. The number of ether oxygens (including phenoxy) is 1. The van der Waals surface area contributed by atoms with Crippen molar-refractivity contribution in [2.75, 3.05) is 23.4 Å². The van der Waals surface area contributed by atoms with Crippen molar-refractivity contribution in [3.05, 3.63) is 59.1 Å². The summed E-state index contributed by atoms with van der Waals surface area (Å²) >= 11 is 6.07. The van der Waals surface area contributed by atoms with E-state index in [1.807, 2.05) is 6.07 Å². The van der Waals surface area contributed by atoms with Crippen LogP contribution in [0.15, 0.2) is 48.5 Å². The molecule has 164 valence electrons. The molecule has 2 aliphatic rings. The van der Waals surface area contributed by atoms with Crippen molar-refractivity contribution in [2.45, 2.75) is 31.3 Å². The summed E-state index contributed by atoms with van der Waals surface area (Å²) in [6.45, 7) is -0.277. The normalized spacial score (nSPS) is 19.6. The van der Waals surface area contributed by atoms with E-state index in [4.69, 9.17) is 16.3 Å². The van der Waals surface area contributed by atoms with Crippen LogP contribution in [0.2, 0.25) is 5.02 Å². The van der Waals surface area contributed by atoms with Gasteiger partial charge in [-0.2, -0.15) is 0 Å². The largest absolute Gasteiger partial charge is 0.483 e. The standard InChI is InChI=1S/C22H23ClN2O5S/c23-15-6-9-20(19(12-15)22(27)24-16-4-2-1-3-5-16)30-13-21(26)25(17-7-8-17)18-10-11-31(28,29)14-18/h1-6,9,12,17-18H,7-8,10-11,13-14H2,(H,24,27). The van der Waals surface area contributed by atoms with Crippen molar-refractivity contribution in [1.82, 2.24) is 4.90 Å². The van der Waals surface area contributed by atoms with Crippen LogP contribution in [0.3, 0.4) is 0 Å². The number of amides is 2. The Hall–Kier alpha value is -2.58. The quantitative estimate of drug-likeness (QED) is 0.682. The van der Waals surface area contributed by atoms with Gasteiger partial charge >= 0.3 is 0 Å². The SMILES string of the molecule is O=C(Nc1ccccc1)c1cc(Cl)ccc1OCC(=O)N(C1CC1)C1CCS(=O)(=O)C1. The van der Waals surface area contributed by atoms with Crippen LogP contribution < -0.4 is 10.1 Å². The third-order valence-electron chi connectivity index (χ3n) is 5.40. The molecule has 2 fully saturated rings. The molecule has 1 saturated carbocycles. The van der Waals surface area contributed by atoms with Crippen molar-refractivity contribution >= 4 is 38.9 Å². The first-order valence-electron chi connectivity index (χ1n) is 10.1. The average Bonchev–Trinajstić information content (AvgIpc) is 3.50. The zero-order chi connectivity index (χ0) is 22.0. The van der Waals surface area contributed by atoms with E-state index in [0.717, 1.165) is 12.8 Å². The number of anilines is 1. The Morgan fingerprint density at radius 1 is 1.06 bits per heavy atom. The highest BCUT2D eigenvalue weighted by atomic mass is 35.5. The summed E-state index contributed by atoms with van der Waals surface area (Å²) in [5.41, 5.74) is 0.836. The number of sulfone groups is 1. The molecular formula is C22H23ClN2O5S. The van der Waals surface area contributed by atoms with E-state index in [9.17, 15) is 18.0 Å². The van der Waals surface area contributed by atoms with Gasteiger partial charge in [-0.1, -0.05) is 29.8 Å².